The van der Waals surface area contributed by atoms with Gasteiger partial charge < -0.3 is 15.6 Å². The van der Waals surface area contributed by atoms with Gasteiger partial charge in [-0.2, -0.15) is 0 Å². The van der Waals surface area contributed by atoms with Crippen LogP contribution in [-0.4, -0.2) is 24.5 Å². The highest BCUT2D eigenvalue weighted by Gasteiger charge is 1.81. The molecule has 0 saturated heterocycles. The molecule has 0 fully saturated rings. The van der Waals surface area contributed by atoms with E-state index in [9.17, 15) is 0 Å². The Labute approximate surface area is 43.1 Å². The lowest BCUT2D eigenvalue weighted by Gasteiger charge is -1.91. The topological polar surface area (TPSA) is 63.3 Å². The quantitative estimate of drug-likeness (QED) is 0.456. The molecular formula is C4H11NO2. The normalized spacial score (nSPS) is 11.3. The minimum Gasteiger partial charge on any atom is -0.392 e. The van der Waals surface area contributed by atoms with E-state index in [-0.39, 0.29) is 6.10 Å². The summed E-state index contributed by atoms with van der Waals surface area (Å²) in [5.74, 6) is 0. The summed E-state index contributed by atoms with van der Waals surface area (Å²) >= 11 is 0. The highest BCUT2D eigenvalue weighted by atomic mass is 16.3. The largest absolute Gasteiger partial charge is 0.392 e. The van der Waals surface area contributed by atoms with Crippen molar-refractivity contribution in [2.24, 2.45) is 5.73 Å². The minimum atomic E-state index is -0.338. The van der Waals surface area contributed by atoms with Crippen molar-refractivity contribution < 1.29 is 9.90 Å². The van der Waals surface area contributed by atoms with E-state index in [0.29, 0.717) is 6.54 Å². The maximum atomic E-state index is 8.24. The predicted molar refractivity (Wildman–Crippen MR) is 27.9 cm³/mol. The van der Waals surface area contributed by atoms with Gasteiger partial charge in [0.1, 0.15) is 6.79 Å². The van der Waals surface area contributed by atoms with E-state index in [1.807, 2.05) is 6.79 Å². The molecule has 0 spiro atoms. The van der Waals surface area contributed by atoms with Crippen molar-refractivity contribution in [3.63, 3.8) is 0 Å². The van der Waals surface area contributed by atoms with Crippen LogP contribution < -0.4 is 5.73 Å². The van der Waals surface area contributed by atoms with Crippen LogP contribution in [-0.2, 0) is 4.79 Å². The van der Waals surface area contributed by atoms with Crippen molar-refractivity contribution in [1.82, 2.24) is 0 Å². The van der Waals surface area contributed by atoms with Crippen LogP contribution in [0.2, 0.25) is 0 Å². The molecule has 7 heavy (non-hydrogen) atoms. The van der Waals surface area contributed by atoms with Crippen LogP contribution in [0.15, 0.2) is 0 Å². The van der Waals surface area contributed by atoms with Crippen molar-refractivity contribution in [1.29, 1.82) is 0 Å². The van der Waals surface area contributed by atoms with Gasteiger partial charge in [-0.15, -0.1) is 0 Å². The number of hydrogen-bond acceptors (Lipinski definition) is 3. The number of carbonyl (C=O) groups is 1. The fraction of sp³-hybridized carbons (Fsp3) is 0.750. The Bertz CT molecular complexity index is 30.9. The third-order valence-corrected chi connectivity index (χ3v) is 0.341. The third kappa shape index (κ3) is 28.5. The summed E-state index contributed by atoms with van der Waals surface area (Å²) in [5, 5.41) is 8.24. The number of nitrogens with two attached hydrogens (primary N) is 1. The van der Waals surface area contributed by atoms with Crippen LogP contribution in [0, 0.1) is 0 Å². The first kappa shape index (κ1) is 9.77. The Morgan fingerprint density at radius 3 is 2.00 bits per heavy atom. The minimum absolute atomic E-state index is 0.338. The van der Waals surface area contributed by atoms with Gasteiger partial charge in [-0.1, -0.05) is 0 Å². The average Bonchev–Trinajstić information content (AvgIpc) is 1.73. The fourth-order valence-corrected chi connectivity index (χ4v) is 0. The van der Waals surface area contributed by atoms with Gasteiger partial charge in [0.2, 0.25) is 0 Å². The summed E-state index contributed by atoms with van der Waals surface area (Å²) in [7, 11) is 0. The first-order chi connectivity index (χ1) is 3.27. The van der Waals surface area contributed by atoms with E-state index in [0.717, 1.165) is 0 Å². The van der Waals surface area contributed by atoms with Gasteiger partial charge >= 0.3 is 0 Å². The molecular weight excluding hydrogens is 94.0 g/mol. The van der Waals surface area contributed by atoms with Crippen molar-refractivity contribution in [3.8, 4) is 0 Å². The molecule has 0 amide bonds. The zero-order valence-corrected chi connectivity index (χ0v) is 4.42. The van der Waals surface area contributed by atoms with Gasteiger partial charge in [0, 0.05) is 6.54 Å². The molecule has 3 nitrogen and oxygen atoms in total. The second kappa shape index (κ2) is 9.14. The Hall–Kier alpha value is -0.410. The molecule has 1 atom stereocenters. The summed E-state index contributed by atoms with van der Waals surface area (Å²) in [6.45, 7) is 4.01. The summed E-state index contributed by atoms with van der Waals surface area (Å²) in [6, 6.07) is 0. The van der Waals surface area contributed by atoms with Gasteiger partial charge in [-0.05, 0) is 6.92 Å². The first-order valence-corrected chi connectivity index (χ1v) is 1.94. The van der Waals surface area contributed by atoms with Crippen LogP contribution >= 0.6 is 0 Å². The van der Waals surface area contributed by atoms with E-state index in [1.165, 1.54) is 0 Å². The van der Waals surface area contributed by atoms with Crippen molar-refractivity contribution in [2.45, 2.75) is 13.0 Å². The highest BCUT2D eigenvalue weighted by molar-refractivity contribution is 5.10. The lowest BCUT2D eigenvalue weighted by atomic mass is 10.4. The molecule has 0 aliphatic rings. The lowest BCUT2D eigenvalue weighted by Crippen LogP contribution is -2.14. The maximum Gasteiger partial charge on any atom is 0.106 e. The highest BCUT2D eigenvalue weighted by Crippen LogP contribution is 1.65. The van der Waals surface area contributed by atoms with E-state index < -0.39 is 0 Å². The molecule has 0 aliphatic heterocycles. The fourth-order valence-electron chi connectivity index (χ4n) is 0. The van der Waals surface area contributed by atoms with Crippen molar-refractivity contribution >= 4 is 6.79 Å². The summed E-state index contributed by atoms with van der Waals surface area (Å²) in [5.41, 5.74) is 4.92. The first-order valence-electron chi connectivity index (χ1n) is 1.94. The van der Waals surface area contributed by atoms with Gasteiger partial charge in [-0.25, -0.2) is 0 Å². The second-order valence-electron chi connectivity index (χ2n) is 1.08. The number of rotatable bonds is 1. The average molecular weight is 105 g/mol. The molecule has 0 bridgehead atoms. The Kier molecular flexibility index (Phi) is 12.8. The van der Waals surface area contributed by atoms with E-state index >= 15 is 0 Å². The molecule has 0 rings (SSSR count). The standard InChI is InChI=1S/C3H9NO.CH2O/c1-3(5)2-4;1-2/h3,5H,2,4H2,1H3;1H2. The number of carbonyl (C=O) groups excluding carboxylic acids is 1. The number of aliphatic hydroxyl groups excluding tert-OH is 1. The van der Waals surface area contributed by atoms with E-state index in [1.54, 1.807) is 6.92 Å². The predicted octanol–water partition coefficient (Wildman–Crippen LogP) is -0.859. The van der Waals surface area contributed by atoms with Gasteiger partial charge in [0.05, 0.1) is 6.10 Å². The molecule has 0 aromatic heterocycles. The molecule has 0 saturated carbocycles. The second-order valence-corrected chi connectivity index (χ2v) is 1.08. The third-order valence-electron chi connectivity index (χ3n) is 0.341. The van der Waals surface area contributed by atoms with Crippen LogP contribution in [0.4, 0.5) is 0 Å². The molecule has 44 valence electrons. The zero-order chi connectivity index (χ0) is 6.28. The summed E-state index contributed by atoms with van der Waals surface area (Å²) in [4.78, 5) is 8.00. The zero-order valence-electron chi connectivity index (χ0n) is 4.42. The monoisotopic (exact) mass is 105 g/mol. The summed E-state index contributed by atoms with van der Waals surface area (Å²) < 4.78 is 0. The Morgan fingerprint density at radius 1 is 1.86 bits per heavy atom. The molecule has 0 heterocycles. The summed E-state index contributed by atoms with van der Waals surface area (Å²) in [6.07, 6.45) is -0.338. The van der Waals surface area contributed by atoms with Gasteiger partial charge in [0.25, 0.3) is 0 Å². The SMILES string of the molecule is C=O.CC(O)CN. The van der Waals surface area contributed by atoms with Crippen molar-refractivity contribution in [3.05, 3.63) is 0 Å². The molecule has 0 aliphatic carbocycles. The number of hydrogen-bond donors (Lipinski definition) is 2. The maximum absolute atomic E-state index is 8.24. The van der Waals surface area contributed by atoms with E-state index in [4.69, 9.17) is 15.6 Å². The molecule has 3 heteroatoms. The molecule has 1 unspecified atom stereocenters. The smallest absolute Gasteiger partial charge is 0.106 e. The molecule has 0 radical (unpaired) electrons. The van der Waals surface area contributed by atoms with Gasteiger partial charge in [0.15, 0.2) is 0 Å². The van der Waals surface area contributed by atoms with Crippen LogP contribution in [0.1, 0.15) is 6.92 Å². The molecule has 0 aromatic rings. The molecule has 0 aromatic carbocycles. The lowest BCUT2D eigenvalue weighted by molar-refractivity contribution is -0.0979. The molecule has 3 N–H and O–H groups in total. The van der Waals surface area contributed by atoms with Crippen molar-refractivity contribution in [2.75, 3.05) is 6.54 Å². The number of aliphatic hydroxyl groups is 1. The van der Waals surface area contributed by atoms with Crippen LogP contribution in [0.25, 0.3) is 0 Å². The van der Waals surface area contributed by atoms with Crippen LogP contribution in [0.5, 0.6) is 0 Å². The van der Waals surface area contributed by atoms with Gasteiger partial charge in [-0.3, -0.25) is 0 Å². The van der Waals surface area contributed by atoms with Crippen LogP contribution in [0.3, 0.4) is 0 Å². The Morgan fingerprint density at radius 2 is 2.00 bits per heavy atom. The Balaban J connectivity index is 0. The van der Waals surface area contributed by atoms with E-state index in [2.05, 4.69) is 0 Å².